The summed E-state index contributed by atoms with van der Waals surface area (Å²) in [6.07, 6.45) is 4.28. The maximum Gasteiger partial charge on any atom is 0.263 e. The Hall–Kier alpha value is -1.91. The van der Waals surface area contributed by atoms with Crippen molar-refractivity contribution in [2.75, 3.05) is 19.3 Å². The van der Waals surface area contributed by atoms with E-state index in [1.807, 2.05) is 0 Å². The first-order valence-electron chi connectivity index (χ1n) is 6.34. The van der Waals surface area contributed by atoms with Gasteiger partial charge in [-0.1, -0.05) is 0 Å². The van der Waals surface area contributed by atoms with E-state index in [1.54, 1.807) is 25.4 Å². The van der Waals surface area contributed by atoms with Crippen LogP contribution < -0.4 is 10.0 Å². The maximum absolute atomic E-state index is 12.1. The zero-order chi connectivity index (χ0) is 16.2. The monoisotopic (exact) mass is 341 g/mol. The molecule has 0 aliphatic heterocycles. The molecule has 0 aromatic carbocycles. The van der Waals surface area contributed by atoms with Gasteiger partial charge >= 0.3 is 0 Å². The standard InChI is InChI=1S/C12H15N5O3S2/c1-8-9(11(18)15-6-7-16-22(2,19)20)21-12(17-8)10-13-4-3-5-14-10/h3-5,16H,6-7H2,1-2H3,(H,15,18). The Bertz CT molecular complexity index is 758. The molecule has 0 spiro atoms. The number of aromatic nitrogens is 3. The van der Waals surface area contributed by atoms with Gasteiger partial charge in [0, 0.05) is 25.5 Å². The molecule has 0 radical (unpaired) electrons. The predicted molar refractivity (Wildman–Crippen MR) is 83.1 cm³/mol. The molecule has 22 heavy (non-hydrogen) atoms. The lowest BCUT2D eigenvalue weighted by molar-refractivity contribution is 0.0957. The van der Waals surface area contributed by atoms with Crippen molar-refractivity contribution in [3.05, 3.63) is 29.0 Å². The number of nitrogens with one attached hydrogen (secondary N) is 2. The molecule has 0 saturated heterocycles. The molecule has 1 amide bonds. The number of hydrogen-bond donors (Lipinski definition) is 2. The largest absolute Gasteiger partial charge is 0.350 e. The lowest BCUT2D eigenvalue weighted by atomic mass is 10.3. The molecule has 2 N–H and O–H groups in total. The second kappa shape index (κ2) is 6.90. The molecule has 0 bridgehead atoms. The Balaban J connectivity index is 2.00. The van der Waals surface area contributed by atoms with Gasteiger partial charge in [0.1, 0.15) is 4.88 Å². The molecule has 0 aliphatic rings. The first-order valence-corrected chi connectivity index (χ1v) is 9.05. The lowest BCUT2D eigenvalue weighted by Crippen LogP contribution is -2.34. The van der Waals surface area contributed by atoms with Gasteiger partial charge in [-0.3, -0.25) is 4.79 Å². The average Bonchev–Trinajstić information content (AvgIpc) is 2.85. The quantitative estimate of drug-likeness (QED) is 0.725. The van der Waals surface area contributed by atoms with Crippen molar-refractivity contribution in [2.24, 2.45) is 0 Å². The summed E-state index contributed by atoms with van der Waals surface area (Å²) in [5, 5.41) is 3.21. The molecular formula is C12H15N5O3S2. The third kappa shape index (κ3) is 4.55. The highest BCUT2D eigenvalue weighted by atomic mass is 32.2. The number of hydrogen-bond acceptors (Lipinski definition) is 7. The molecule has 0 atom stereocenters. The summed E-state index contributed by atoms with van der Waals surface area (Å²) < 4.78 is 24.1. The number of carbonyl (C=O) groups is 1. The summed E-state index contributed by atoms with van der Waals surface area (Å²) in [5.41, 5.74) is 0.584. The van der Waals surface area contributed by atoms with E-state index in [0.29, 0.717) is 21.4 Å². The minimum Gasteiger partial charge on any atom is -0.350 e. The first kappa shape index (κ1) is 16.5. The molecule has 0 saturated carbocycles. The topological polar surface area (TPSA) is 114 Å². The molecule has 2 rings (SSSR count). The van der Waals surface area contributed by atoms with E-state index < -0.39 is 10.0 Å². The summed E-state index contributed by atoms with van der Waals surface area (Å²) in [4.78, 5) is 25.0. The van der Waals surface area contributed by atoms with E-state index in [4.69, 9.17) is 0 Å². The van der Waals surface area contributed by atoms with E-state index in [-0.39, 0.29) is 19.0 Å². The van der Waals surface area contributed by atoms with Gasteiger partial charge in [0.25, 0.3) is 5.91 Å². The van der Waals surface area contributed by atoms with Crippen LogP contribution in [0, 0.1) is 6.92 Å². The van der Waals surface area contributed by atoms with Gasteiger partial charge in [-0.15, -0.1) is 11.3 Å². The molecule has 118 valence electrons. The third-order valence-corrected chi connectivity index (χ3v) is 4.42. The summed E-state index contributed by atoms with van der Waals surface area (Å²) in [6, 6.07) is 1.70. The normalized spacial score (nSPS) is 11.4. The smallest absolute Gasteiger partial charge is 0.263 e. The van der Waals surface area contributed by atoms with Crippen molar-refractivity contribution in [3.63, 3.8) is 0 Å². The molecule has 2 aromatic heterocycles. The van der Waals surface area contributed by atoms with Gasteiger partial charge in [0.2, 0.25) is 10.0 Å². The van der Waals surface area contributed by atoms with Gasteiger partial charge in [0.05, 0.1) is 11.9 Å². The van der Waals surface area contributed by atoms with Gasteiger partial charge in [0.15, 0.2) is 10.8 Å². The van der Waals surface area contributed by atoms with Crippen molar-refractivity contribution in [3.8, 4) is 10.8 Å². The van der Waals surface area contributed by atoms with E-state index in [0.717, 1.165) is 6.26 Å². The Morgan fingerprint density at radius 2 is 1.95 bits per heavy atom. The van der Waals surface area contributed by atoms with Crippen molar-refractivity contribution < 1.29 is 13.2 Å². The van der Waals surface area contributed by atoms with Crippen LogP contribution in [0.5, 0.6) is 0 Å². The molecule has 2 aromatic rings. The molecule has 0 unspecified atom stereocenters. The summed E-state index contributed by atoms with van der Waals surface area (Å²) in [5.74, 6) is 0.167. The number of thiazole rings is 1. The molecule has 0 aliphatic carbocycles. The van der Waals surface area contributed by atoms with Crippen LogP contribution in [0.15, 0.2) is 18.5 Å². The molecular weight excluding hydrogens is 326 g/mol. The van der Waals surface area contributed by atoms with Crippen LogP contribution in [0.25, 0.3) is 10.8 Å². The van der Waals surface area contributed by atoms with Gasteiger partial charge < -0.3 is 5.32 Å². The van der Waals surface area contributed by atoms with Crippen molar-refractivity contribution >= 4 is 27.3 Å². The van der Waals surface area contributed by atoms with Crippen LogP contribution in [0.1, 0.15) is 15.4 Å². The number of carbonyl (C=O) groups excluding carboxylic acids is 1. The van der Waals surface area contributed by atoms with E-state index >= 15 is 0 Å². The average molecular weight is 341 g/mol. The Morgan fingerprint density at radius 1 is 1.27 bits per heavy atom. The van der Waals surface area contributed by atoms with Gasteiger partial charge in [-0.25, -0.2) is 28.1 Å². The SMILES string of the molecule is Cc1nc(-c2ncccn2)sc1C(=O)NCCNS(C)(=O)=O. The summed E-state index contributed by atoms with van der Waals surface area (Å²) in [7, 11) is -3.25. The lowest BCUT2D eigenvalue weighted by Gasteiger charge is -2.04. The fraction of sp³-hybridized carbons (Fsp3) is 0.333. The minimum atomic E-state index is -3.25. The van der Waals surface area contributed by atoms with Gasteiger partial charge in [-0.2, -0.15) is 0 Å². The van der Waals surface area contributed by atoms with E-state index in [1.165, 1.54) is 11.3 Å². The van der Waals surface area contributed by atoms with E-state index in [9.17, 15) is 13.2 Å². The second-order valence-electron chi connectivity index (χ2n) is 4.43. The number of amides is 1. The highest BCUT2D eigenvalue weighted by molar-refractivity contribution is 7.88. The zero-order valence-corrected chi connectivity index (χ0v) is 13.7. The van der Waals surface area contributed by atoms with Crippen molar-refractivity contribution in [1.82, 2.24) is 25.0 Å². The Labute approximate surface area is 132 Å². The Kier molecular flexibility index (Phi) is 5.16. The minimum absolute atomic E-state index is 0.136. The number of aryl methyl sites for hydroxylation is 1. The van der Waals surface area contributed by atoms with Crippen LogP contribution in [0.2, 0.25) is 0 Å². The van der Waals surface area contributed by atoms with Gasteiger partial charge in [-0.05, 0) is 13.0 Å². The fourth-order valence-electron chi connectivity index (χ4n) is 1.61. The van der Waals surface area contributed by atoms with Crippen LogP contribution in [-0.4, -0.2) is 48.6 Å². The fourth-order valence-corrected chi connectivity index (χ4v) is 3.01. The molecule has 0 fully saturated rings. The first-order chi connectivity index (χ1) is 10.4. The Morgan fingerprint density at radius 3 is 2.59 bits per heavy atom. The molecule has 8 nitrogen and oxygen atoms in total. The number of nitrogens with zero attached hydrogens (tertiary/aromatic N) is 3. The molecule has 2 heterocycles. The third-order valence-electron chi connectivity index (χ3n) is 2.53. The molecule has 10 heteroatoms. The van der Waals surface area contributed by atoms with E-state index in [2.05, 4.69) is 25.0 Å². The maximum atomic E-state index is 12.1. The highest BCUT2D eigenvalue weighted by Crippen LogP contribution is 2.24. The van der Waals surface area contributed by atoms with Crippen LogP contribution in [0.4, 0.5) is 0 Å². The number of rotatable bonds is 6. The summed E-state index contributed by atoms with van der Waals surface area (Å²) in [6.45, 7) is 2.06. The van der Waals surface area contributed by atoms with Crippen LogP contribution in [0.3, 0.4) is 0 Å². The van der Waals surface area contributed by atoms with Crippen LogP contribution >= 0.6 is 11.3 Å². The predicted octanol–water partition coefficient (Wildman–Crippen LogP) is 0.188. The second-order valence-corrected chi connectivity index (χ2v) is 7.26. The van der Waals surface area contributed by atoms with Crippen molar-refractivity contribution in [1.29, 1.82) is 0 Å². The highest BCUT2D eigenvalue weighted by Gasteiger charge is 2.17. The van der Waals surface area contributed by atoms with Crippen molar-refractivity contribution in [2.45, 2.75) is 6.92 Å². The number of sulfonamides is 1. The summed E-state index contributed by atoms with van der Waals surface area (Å²) >= 11 is 1.20. The van der Waals surface area contributed by atoms with Crippen LogP contribution in [-0.2, 0) is 10.0 Å². The zero-order valence-electron chi connectivity index (χ0n) is 12.0.